The molecule has 0 bridgehead atoms. The van der Waals surface area contributed by atoms with E-state index in [-0.39, 0.29) is 5.91 Å². The van der Waals surface area contributed by atoms with E-state index in [1.54, 1.807) is 23.5 Å². The molecule has 1 aliphatic heterocycles. The quantitative estimate of drug-likeness (QED) is 0.442. The van der Waals surface area contributed by atoms with Gasteiger partial charge in [-0.05, 0) is 56.0 Å². The van der Waals surface area contributed by atoms with Crippen molar-refractivity contribution >= 4 is 35.1 Å². The zero-order chi connectivity index (χ0) is 22.5. The van der Waals surface area contributed by atoms with Gasteiger partial charge in [-0.1, -0.05) is 18.2 Å². The van der Waals surface area contributed by atoms with Crippen LogP contribution in [0.3, 0.4) is 0 Å². The third-order valence-electron chi connectivity index (χ3n) is 5.78. The Bertz CT molecular complexity index is 1060. The van der Waals surface area contributed by atoms with Gasteiger partial charge in [-0.3, -0.25) is 4.79 Å². The first-order chi connectivity index (χ1) is 15.5. The number of aryl methyl sites for hydroxylation is 2. The van der Waals surface area contributed by atoms with Crippen molar-refractivity contribution in [1.82, 2.24) is 9.88 Å². The van der Waals surface area contributed by atoms with Crippen LogP contribution in [0.5, 0.6) is 0 Å². The number of oxazole rings is 1. The summed E-state index contributed by atoms with van der Waals surface area (Å²) in [6, 6.07) is 16.7. The highest BCUT2D eigenvalue weighted by molar-refractivity contribution is 7.99. The molecule has 2 aromatic carbocycles. The average molecular weight is 468 g/mol. The van der Waals surface area contributed by atoms with E-state index < -0.39 is 0 Å². The normalized spacial score (nSPS) is 14.1. The Morgan fingerprint density at radius 3 is 2.44 bits per heavy atom. The monoisotopic (exact) mass is 467 g/mol. The molecular formula is C25H29N3O2S2. The standard InChI is InChI=1S/C25H29N3O2S2/c1-18-6-4-5-7-23(18)27-12-14-28(15-13-27)24(29)17-32-16-22-19(2)30-25(26-22)20-8-10-21(31-3)11-9-20/h4-11H,12-17H2,1-3H3. The van der Waals surface area contributed by atoms with Crippen molar-refractivity contribution in [2.24, 2.45) is 0 Å². The summed E-state index contributed by atoms with van der Waals surface area (Å²) < 4.78 is 5.88. The first-order valence-corrected chi connectivity index (χ1v) is 13.2. The van der Waals surface area contributed by atoms with E-state index in [0.29, 0.717) is 17.4 Å². The minimum absolute atomic E-state index is 0.202. The van der Waals surface area contributed by atoms with Crippen LogP contribution < -0.4 is 4.90 Å². The molecule has 7 heteroatoms. The van der Waals surface area contributed by atoms with Gasteiger partial charge in [0.2, 0.25) is 11.8 Å². The fourth-order valence-corrected chi connectivity index (χ4v) is 5.19. The number of carbonyl (C=O) groups is 1. The molecule has 0 atom stereocenters. The number of hydrogen-bond acceptors (Lipinski definition) is 6. The van der Waals surface area contributed by atoms with Crippen molar-refractivity contribution in [2.45, 2.75) is 24.5 Å². The van der Waals surface area contributed by atoms with Gasteiger partial charge in [-0.25, -0.2) is 4.98 Å². The Morgan fingerprint density at radius 1 is 1.03 bits per heavy atom. The molecule has 1 fully saturated rings. The lowest BCUT2D eigenvalue weighted by Crippen LogP contribution is -2.49. The van der Waals surface area contributed by atoms with Crippen molar-refractivity contribution < 1.29 is 9.21 Å². The fourth-order valence-electron chi connectivity index (χ4n) is 3.86. The number of benzene rings is 2. The molecule has 1 saturated heterocycles. The first-order valence-electron chi connectivity index (χ1n) is 10.8. The number of anilines is 1. The third kappa shape index (κ3) is 5.33. The van der Waals surface area contributed by atoms with E-state index in [9.17, 15) is 4.79 Å². The van der Waals surface area contributed by atoms with E-state index in [2.05, 4.69) is 59.5 Å². The molecule has 0 aliphatic carbocycles. The zero-order valence-electron chi connectivity index (χ0n) is 18.8. The SMILES string of the molecule is CSc1ccc(-c2nc(CSCC(=O)N3CCN(c4ccccc4C)CC3)c(C)o2)cc1. The Hall–Kier alpha value is -2.38. The lowest BCUT2D eigenvalue weighted by molar-refractivity contribution is -0.128. The lowest BCUT2D eigenvalue weighted by atomic mass is 10.1. The highest BCUT2D eigenvalue weighted by atomic mass is 32.2. The summed E-state index contributed by atoms with van der Waals surface area (Å²) in [5, 5.41) is 0. The van der Waals surface area contributed by atoms with Gasteiger partial charge >= 0.3 is 0 Å². The van der Waals surface area contributed by atoms with Crippen molar-refractivity contribution in [3.63, 3.8) is 0 Å². The molecule has 0 radical (unpaired) electrons. The molecule has 168 valence electrons. The van der Waals surface area contributed by atoms with Crippen molar-refractivity contribution in [3.8, 4) is 11.5 Å². The van der Waals surface area contributed by atoms with Gasteiger partial charge in [0.1, 0.15) is 5.76 Å². The Labute approximate surface area is 198 Å². The maximum atomic E-state index is 12.7. The van der Waals surface area contributed by atoms with Crippen LogP contribution in [0.4, 0.5) is 5.69 Å². The minimum Gasteiger partial charge on any atom is -0.441 e. The Morgan fingerprint density at radius 2 is 1.75 bits per heavy atom. The van der Waals surface area contributed by atoms with E-state index in [0.717, 1.165) is 43.2 Å². The summed E-state index contributed by atoms with van der Waals surface area (Å²) in [6.45, 7) is 7.37. The Kier molecular flexibility index (Phi) is 7.48. The summed E-state index contributed by atoms with van der Waals surface area (Å²) >= 11 is 3.32. The van der Waals surface area contributed by atoms with Crippen LogP contribution in [0.2, 0.25) is 0 Å². The fraction of sp³-hybridized carbons (Fsp3) is 0.360. The highest BCUT2D eigenvalue weighted by Crippen LogP contribution is 2.26. The molecule has 32 heavy (non-hydrogen) atoms. The van der Waals surface area contributed by atoms with Crippen LogP contribution >= 0.6 is 23.5 Å². The molecule has 0 unspecified atom stereocenters. The molecular weight excluding hydrogens is 438 g/mol. The number of hydrogen-bond donors (Lipinski definition) is 0. The van der Waals surface area contributed by atoms with Crippen LogP contribution in [0, 0.1) is 13.8 Å². The first kappa shape index (κ1) is 22.8. The zero-order valence-corrected chi connectivity index (χ0v) is 20.5. The summed E-state index contributed by atoms with van der Waals surface area (Å²) in [6.07, 6.45) is 2.06. The van der Waals surface area contributed by atoms with E-state index in [4.69, 9.17) is 4.42 Å². The molecule has 0 saturated carbocycles. The number of piperazine rings is 1. The predicted molar refractivity (Wildman–Crippen MR) is 135 cm³/mol. The van der Waals surface area contributed by atoms with E-state index in [1.165, 1.54) is 16.1 Å². The van der Waals surface area contributed by atoms with Gasteiger partial charge in [-0.15, -0.1) is 23.5 Å². The van der Waals surface area contributed by atoms with Crippen molar-refractivity contribution in [1.29, 1.82) is 0 Å². The number of para-hydroxylation sites is 1. The van der Waals surface area contributed by atoms with E-state index >= 15 is 0 Å². The smallest absolute Gasteiger partial charge is 0.232 e. The van der Waals surface area contributed by atoms with E-state index in [1.807, 2.05) is 24.0 Å². The molecule has 5 nitrogen and oxygen atoms in total. The van der Waals surface area contributed by atoms with Crippen LogP contribution in [0.15, 0.2) is 57.8 Å². The molecule has 0 spiro atoms. The average Bonchev–Trinajstić information content (AvgIpc) is 3.20. The molecule has 0 N–H and O–H groups in total. The number of rotatable bonds is 7. The predicted octanol–water partition coefficient (Wildman–Crippen LogP) is 5.26. The second kappa shape index (κ2) is 10.5. The number of thioether (sulfide) groups is 2. The summed E-state index contributed by atoms with van der Waals surface area (Å²) in [7, 11) is 0. The third-order valence-corrected chi connectivity index (χ3v) is 7.45. The van der Waals surface area contributed by atoms with Crippen LogP contribution in [-0.2, 0) is 10.5 Å². The molecule has 1 aromatic heterocycles. The topological polar surface area (TPSA) is 49.6 Å². The van der Waals surface area contributed by atoms with Crippen LogP contribution in [0.1, 0.15) is 17.0 Å². The van der Waals surface area contributed by atoms with Gasteiger partial charge in [0.05, 0.1) is 11.4 Å². The summed E-state index contributed by atoms with van der Waals surface area (Å²) in [5.74, 6) is 2.81. The minimum atomic E-state index is 0.202. The molecule has 3 aromatic rings. The number of nitrogens with zero attached hydrogens (tertiary/aromatic N) is 3. The number of carbonyl (C=O) groups excluding carboxylic acids is 1. The second-order valence-corrected chi connectivity index (χ2v) is 9.76. The van der Waals surface area contributed by atoms with Crippen LogP contribution in [0.25, 0.3) is 11.5 Å². The maximum Gasteiger partial charge on any atom is 0.232 e. The number of amides is 1. The highest BCUT2D eigenvalue weighted by Gasteiger charge is 2.22. The molecule has 1 amide bonds. The molecule has 2 heterocycles. The summed E-state index contributed by atoms with van der Waals surface area (Å²) in [5.41, 5.74) is 4.45. The summed E-state index contributed by atoms with van der Waals surface area (Å²) in [4.78, 5) is 23.0. The second-order valence-electron chi connectivity index (χ2n) is 7.90. The van der Waals surface area contributed by atoms with Gasteiger partial charge < -0.3 is 14.2 Å². The Balaban J connectivity index is 1.26. The van der Waals surface area contributed by atoms with Crippen LogP contribution in [-0.4, -0.2) is 54.0 Å². The van der Waals surface area contributed by atoms with Crippen molar-refractivity contribution in [2.75, 3.05) is 43.1 Å². The molecule has 1 aliphatic rings. The lowest BCUT2D eigenvalue weighted by Gasteiger charge is -2.36. The number of aromatic nitrogens is 1. The van der Waals surface area contributed by atoms with Gasteiger partial charge in [0.25, 0.3) is 0 Å². The maximum absolute atomic E-state index is 12.7. The van der Waals surface area contributed by atoms with Gasteiger partial charge in [0.15, 0.2) is 0 Å². The molecule has 4 rings (SSSR count). The van der Waals surface area contributed by atoms with Crippen molar-refractivity contribution in [3.05, 3.63) is 65.5 Å². The largest absolute Gasteiger partial charge is 0.441 e. The van der Waals surface area contributed by atoms with Gasteiger partial charge in [0, 0.05) is 48.1 Å². The van der Waals surface area contributed by atoms with Gasteiger partial charge in [-0.2, -0.15) is 0 Å².